The Morgan fingerprint density at radius 2 is 1.85 bits per heavy atom. The lowest BCUT2D eigenvalue weighted by Gasteiger charge is -2.16. The summed E-state index contributed by atoms with van der Waals surface area (Å²) in [5, 5.41) is 14.2. The topological polar surface area (TPSA) is 41.5 Å². The van der Waals surface area contributed by atoms with Crippen LogP contribution in [0, 0.1) is 5.82 Å². The highest BCUT2D eigenvalue weighted by atomic mass is 19.1. The van der Waals surface area contributed by atoms with E-state index in [1.807, 2.05) is 26.0 Å². The van der Waals surface area contributed by atoms with E-state index in [1.54, 1.807) is 18.2 Å². The van der Waals surface area contributed by atoms with Crippen molar-refractivity contribution in [2.45, 2.75) is 26.0 Å². The van der Waals surface area contributed by atoms with Crippen LogP contribution in [0.15, 0.2) is 36.4 Å². The first-order valence-electron chi connectivity index (χ1n) is 6.79. The maximum absolute atomic E-state index is 13.7. The average molecular weight is 277 g/mol. The Morgan fingerprint density at radius 1 is 1.15 bits per heavy atom. The van der Waals surface area contributed by atoms with E-state index in [2.05, 4.69) is 5.32 Å². The lowest BCUT2D eigenvalue weighted by atomic mass is 10.1. The molecule has 2 aromatic carbocycles. The predicted octanol–water partition coefficient (Wildman–Crippen LogP) is 2.72. The van der Waals surface area contributed by atoms with E-state index >= 15 is 0 Å². The summed E-state index contributed by atoms with van der Waals surface area (Å²) >= 11 is 0. The van der Waals surface area contributed by atoms with Gasteiger partial charge in [0, 0.05) is 23.4 Å². The van der Waals surface area contributed by atoms with Crippen molar-refractivity contribution in [3.05, 3.63) is 42.2 Å². The number of benzene rings is 2. The SMILES string of the molecule is CC(C)NCC(O)COc1ccc(F)c2ccccc12. The predicted molar refractivity (Wildman–Crippen MR) is 78.5 cm³/mol. The molecule has 0 aromatic heterocycles. The molecule has 0 saturated carbocycles. The first-order valence-corrected chi connectivity index (χ1v) is 6.79. The Hall–Kier alpha value is -1.65. The van der Waals surface area contributed by atoms with Crippen molar-refractivity contribution in [2.75, 3.05) is 13.2 Å². The number of aliphatic hydroxyl groups excluding tert-OH is 1. The van der Waals surface area contributed by atoms with Gasteiger partial charge in [-0.3, -0.25) is 0 Å². The summed E-state index contributed by atoms with van der Waals surface area (Å²) in [6.07, 6.45) is -0.596. The molecule has 0 amide bonds. The molecule has 3 nitrogen and oxygen atoms in total. The van der Waals surface area contributed by atoms with Crippen LogP contribution in [0.5, 0.6) is 5.75 Å². The van der Waals surface area contributed by atoms with Crippen molar-refractivity contribution in [2.24, 2.45) is 0 Å². The molecule has 2 rings (SSSR count). The van der Waals surface area contributed by atoms with Crippen molar-refractivity contribution < 1.29 is 14.2 Å². The Bertz CT molecular complexity index is 571. The Balaban J connectivity index is 2.05. The molecule has 0 heterocycles. The van der Waals surface area contributed by atoms with E-state index in [-0.39, 0.29) is 12.4 Å². The minimum Gasteiger partial charge on any atom is -0.490 e. The van der Waals surface area contributed by atoms with Crippen LogP contribution in [0.4, 0.5) is 4.39 Å². The van der Waals surface area contributed by atoms with E-state index < -0.39 is 6.10 Å². The van der Waals surface area contributed by atoms with E-state index in [0.717, 1.165) is 5.39 Å². The molecule has 0 radical (unpaired) electrons. The molecule has 2 aromatic rings. The second-order valence-electron chi connectivity index (χ2n) is 5.12. The third-order valence-electron chi connectivity index (χ3n) is 3.02. The second-order valence-corrected chi connectivity index (χ2v) is 5.12. The molecule has 0 aliphatic carbocycles. The van der Waals surface area contributed by atoms with Crippen LogP contribution in [-0.2, 0) is 0 Å². The highest BCUT2D eigenvalue weighted by molar-refractivity contribution is 5.88. The average Bonchev–Trinajstić information content (AvgIpc) is 2.45. The van der Waals surface area contributed by atoms with Crippen LogP contribution in [0.2, 0.25) is 0 Å². The lowest BCUT2D eigenvalue weighted by molar-refractivity contribution is 0.105. The van der Waals surface area contributed by atoms with Gasteiger partial charge < -0.3 is 15.2 Å². The summed E-state index contributed by atoms with van der Waals surface area (Å²) in [5.74, 6) is 0.320. The minimum absolute atomic E-state index is 0.176. The molecule has 1 atom stereocenters. The van der Waals surface area contributed by atoms with E-state index in [4.69, 9.17) is 4.74 Å². The van der Waals surface area contributed by atoms with Crippen molar-refractivity contribution in [3.8, 4) is 5.75 Å². The summed E-state index contributed by atoms with van der Waals surface area (Å²) in [4.78, 5) is 0. The molecule has 0 bridgehead atoms. The van der Waals surface area contributed by atoms with Crippen molar-refractivity contribution in [3.63, 3.8) is 0 Å². The zero-order chi connectivity index (χ0) is 14.5. The molecule has 1 unspecified atom stereocenters. The number of nitrogens with one attached hydrogen (secondary N) is 1. The first kappa shape index (κ1) is 14.8. The Labute approximate surface area is 118 Å². The largest absolute Gasteiger partial charge is 0.490 e. The lowest BCUT2D eigenvalue weighted by Crippen LogP contribution is -2.35. The quantitative estimate of drug-likeness (QED) is 0.853. The summed E-state index contributed by atoms with van der Waals surface area (Å²) in [5.41, 5.74) is 0. The number of fused-ring (bicyclic) bond motifs is 1. The molecule has 0 aliphatic heterocycles. The number of rotatable bonds is 6. The van der Waals surface area contributed by atoms with Crippen LogP contribution in [0.3, 0.4) is 0 Å². The molecular formula is C16H20FNO2. The zero-order valence-corrected chi connectivity index (χ0v) is 11.8. The fourth-order valence-corrected chi connectivity index (χ4v) is 1.98. The molecule has 0 saturated heterocycles. The Kier molecular flexibility index (Phi) is 4.93. The summed E-state index contributed by atoms with van der Waals surface area (Å²) in [6, 6.07) is 10.5. The number of halogens is 1. The van der Waals surface area contributed by atoms with Gasteiger partial charge in [0.1, 0.15) is 24.3 Å². The van der Waals surface area contributed by atoms with Gasteiger partial charge in [-0.25, -0.2) is 4.39 Å². The van der Waals surface area contributed by atoms with Crippen molar-refractivity contribution >= 4 is 10.8 Å². The van der Waals surface area contributed by atoms with E-state index in [0.29, 0.717) is 23.7 Å². The molecule has 20 heavy (non-hydrogen) atoms. The smallest absolute Gasteiger partial charge is 0.131 e. The number of ether oxygens (including phenoxy) is 1. The molecule has 0 spiro atoms. The van der Waals surface area contributed by atoms with Crippen LogP contribution in [0.25, 0.3) is 10.8 Å². The van der Waals surface area contributed by atoms with Gasteiger partial charge in [0.25, 0.3) is 0 Å². The fourth-order valence-electron chi connectivity index (χ4n) is 1.98. The molecule has 0 fully saturated rings. The van der Waals surface area contributed by atoms with Crippen molar-refractivity contribution in [1.82, 2.24) is 5.32 Å². The van der Waals surface area contributed by atoms with E-state index in [1.165, 1.54) is 6.07 Å². The summed E-state index contributed by atoms with van der Waals surface area (Å²) in [6.45, 7) is 4.67. The summed E-state index contributed by atoms with van der Waals surface area (Å²) < 4.78 is 19.3. The van der Waals surface area contributed by atoms with Gasteiger partial charge in [-0.2, -0.15) is 0 Å². The molecule has 2 N–H and O–H groups in total. The third kappa shape index (κ3) is 3.68. The maximum Gasteiger partial charge on any atom is 0.131 e. The fraction of sp³-hybridized carbons (Fsp3) is 0.375. The van der Waals surface area contributed by atoms with Gasteiger partial charge in [0.2, 0.25) is 0 Å². The van der Waals surface area contributed by atoms with Gasteiger partial charge in [0.15, 0.2) is 0 Å². The Morgan fingerprint density at radius 3 is 2.55 bits per heavy atom. The highest BCUT2D eigenvalue weighted by Gasteiger charge is 2.09. The van der Waals surface area contributed by atoms with Crippen molar-refractivity contribution in [1.29, 1.82) is 0 Å². The standard InChI is InChI=1S/C16H20FNO2/c1-11(2)18-9-12(19)10-20-16-8-7-15(17)13-5-3-4-6-14(13)16/h3-8,11-12,18-19H,9-10H2,1-2H3. The molecule has 4 heteroatoms. The van der Waals surface area contributed by atoms with Gasteiger partial charge in [0.05, 0.1) is 0 Å². The first-order chi connectivity index (χ1) is 9.58. The molecular weight excluding hydrogens is 257 g/mol. The van der Waals surface area contributed by atoms with Crippen LogP contribution < -0.4 is 10.1 Å². The van der Waals surface area contributed by atoms with Gasteiger partial charge >= 0.3 is 0 Å². The van der Waals surface area contributed by atoms with E-state index in [9.17, 15) is 9.50 Å². The van der Waals surface area contributed by atoms with Gasteiger partial charge in [-0.15, -0.1) is 0 Å². The van der Waals surface area contributed by atoms with Crippen LogP contribution in [-0.4, -0.2) is 30.4 Å². The number of hydrogen-bond donors (Lipinski definition) is 2. The minimum atomic E-state index is -0.596. The van der Waals surface area contributed by atoms with Crippen LogP contribution in [0.1, 0.15) is 13.8 Å². The van der Waals surface area contributed by atoms with Crippen LogP contribution >= 0.6 is 0 Å². The molecule has 108 valence electrons. The monoisotopic (exact) mass is 277 g/mol. The van der Waals surface area contributed by atoms with Gasteiger partial charge in [-0.05, 0) is 12.1 Å². The number of hydrogen-bond acceptors (Lipinski definition) is 3. The normalized spacial score (nSPS) is 12.8. The second kappa shape index (κ2) is 6.68. The highest BCUT2D eigenvalue weighted by Crippen LogP contribution is 2.27. The van der Waals surface area contributed by atoms with Gasteiger partial charge in [-0.1, -0.05) is 38.1 Å². The number of aliphatic hydroxyl groups is 1. The third-order valence-corrected chi connectivity index (χ3v) is 3.02. The summed E-state index contributed by atoms with van der Waals surface area (Å²) in [7, 11) is 0. The molecule has 0 aliphatic rings. The zero-order valence-electron chi connectivity index (χ0n) is 11.8. The maximum atomic E-state index is 13.7.